The second kappa shape index (κ2) is 6.77. The molecule has 1 aliphatic heterocycles. The standard InChI is InChI=1S/C13H14Cl2N2O3S/c1-7(9-3-2-8(14)4-10(9)15)16-13(20)17-6-21-5-11(17)12(18)19/h2-4,7,11H,5-6H2,1H3,(H,16,20)(H,18,19). The lowest BCUT2D eigenvalue weighted by atomic mass is 10.1. The zero-order valence-electron chi connectivity index (χ0n) is 11.2. The SMILES string of the molecule is CC(NC(=O)N1CSCC1C(=O)O)c1ccc(Cl)cc1Cl. The van der Waals surface area contributed by atoms with Gasteiger partial charge in [0.2, 0.25) is 0 Å². The molecule has 1 fully saturated rings. The van der Waals surface area contributed by atoms with Gasteiger partial charge in [-0.3, -0.25) is 0 Å². The molecule has 2 N–H and O–H groups in total. The molecule has 1 saturated heterocycles. The van der Waals surface area contributed by atoms with Crippen molar-refractivity contribution >= 4 is 47.0 Å². The van der Waals surface area contributed by atoms with Crippen LogP contribution in [0.15, 0.2) is 18.2 Å². The normalized spacial score (nSPS) is 19.4. The summed E-state index contributed by atoms with van der Waals surface area (Å²) in [6, 6.07) is 3.49. The lowest BCUT2D eigenvalue weighted by Crippen LogP contribution is -2.47. The molecule has 1 aromatic carbocycles. The minimum atomic E-state index is -0.993. The molecule has 0 aromatic heterocycles. The number of aliphatic carboxylic acids is 1. The summed E-state index contributed by atoms with van der Waals surface area (Å²) in [7, 11) is 0. The van der Waals surface area contributed by atoms with Crippen molar-refractivity contribution < 1.29 is 14.7 Å². The number of hydrogen-bond donors (Lipinski definition) is 2. The molecule has 5 nitrogen and oxygen atoms in total. The van der Waals surface area contributed by atoms with Crippen molar-refractivity contribution in [3.8, 4) is 0 Å². The summed E-state index contributed by atoms with van der Waals surface area (Å²) in [6.45, 7) is 1.78. The van der Waals surface area contributed by atoms with Gasteiger partial charge in [-0.05, 0) is 24.6 Å². The zero-order valence-corrected chi connectivity index (χ0v) is 13.5. The van der Waals surface area contributed by atoms with E-state index in [-0.39, 0.29) is 6.04 Å². The molecule has 2 amide bonds. The van der Waals surface area contributed by atoms with Crippen LogP contribution in [0, 0.1) is 0 Å². The van der Waals surface area contributed by atoms with E-state index >= 15 is 0 Å². The molecule has 2 rings (SSSR count). The highest BCUT2D eigenvalue weighted by Gasteiger charge is 2.35. The average Bonchev–Trinajstić information content (AvgIpc) is 2.87. The second-order valence-electron chi connectivity index (χ2n) is 4.66. The Balaban J connectivity index is 2.06. The van der Waals surface area contributed by atoms with Crippen LogP contribution < -0.4 is 5.32 Å². The highest BCUT2D eigenvalue weighted by molar-refractivity contribution is 7.99. The van der Waals surface area contributed by atoms with Crippen molar-refractivity contribution in [1.29, 1.82) is 0 Å². The van der Waals surface area contributed by atoms with Crippen LogP contribution in [-0.2, 0) is 4.79 Å². The van der Waals surface area contributed by atoms with Crippen LogP contribution in [0.1, 0.15) is 18.5 Å². The maximum atomic E-state index is 12.2. The quantitative estimate of drug-likeness (QED) is 0.879. The summed E-state index contributed by atoms with van der Waals surface area (Å²) in [6.07, 6.45) is 0. The first-order chi connectivity index (χ1) is 9.90. The van der Waals surface area contributed by atoms with Crippen molar-refractivity contribution in [3.05, 3.63) is 33.8 Å². The van der Waals surface area contributed by atoms with E-state index in [2.05, 4.69) is 5.32 Å². The van der Waals surface area contributed by atoms with Crippen molar-refractivity contribution in [3.63, 3.8) is 0 Å². The fraction of sp³-hybridized carbons (Fsp3) is 0.385. The van der Waals surface area contributed by atoms with Gasteiger partial charge in [0.15, 0.2) is 0 Å². The number of carboxylic acid groups (broad SMARTS) is 1. The summed E-state index contributed by atoms with van der Waals surface area (Å²) in [5.74, 6) is -0.227. The van der Waals surface area contributed by atoms with Gasteiger partial charge in [0, 0.05) is 15.8 Å². The average molecular weight is 349 g/mol. The maximum Gasteiger partial charge on any atom is 0.327 e. The van der Waals surface area contributed by atoms with Gasteiger partial charge in [-0.1, -0.05) is 29.3 Å². The number of halogens is 2. The van der Waals surface area contributed by atoms with Crippen LogP contribution in [-0.4, -0.2) is 39.7 Å². The Morgan fingerprint density at radius 2 is 2.19 bits per heavy atom. The minimum Gasteiger partial charge on any atom is -0.480 e. The molecule has 0 spiro atoms. The fourth-order valence-electron chi connectivity index (χ4n) is 2.05. The van der Waals surface area contributed by atoms with Crippen LogP contribution in [0.2, 0.25) is 10.0 Å². The zero-order chi connectivity index (χ0) is 15.6. The Bertz CT molecular complexity index is 570. The number of benzene rings is 1. The number of carbonyl (C=O) groups is 2. The number of nitrogens with one attached hydrogen (secondary N) is 1. The van der Waals surface area contributed by atoms with Gasteiger partial charge >= 0.3 is 12.0 Å². The van der Waals surface area contributed by atoms with Gasteiger partial charge < -0.3 is 15.3 Å². The van der Waals surface area contributed by atoms with Crippen molar-refractivity contribution in [2.75, 3.05) is 11.6 Å². The van der Waals surface area contributed by atoms with Crippen molar-refractivity contribution in [2.45, 2.75) is 19.0 Å². The Morgan fingerprint density at radius 3 is 2.81 bits per heavy atom. The van der Waals surface area contributed by atoms with E-state index in [0.29, 0.717) is 21.7 Å². The van der Waals surface area contributed by atoms with Crippen LogP contribution in [0.25, 0.3) is 0 Å². The van der Waals surface area contributed by atoms with Gasteiger partial charge in [-0.15, -0.1) is 11.8 Å². The predicted molar refractivity (Wildman–Crippen MR) is 84.0 cm³/mol. The second-order valence-corrected chi connectivity index (χ2v) is 6.50. The summed E-state index contributed by atoms with van der Waals surface area (Å²) in [5.41, 5.74) is 0.730. The third kappa shape index (κ3) is 3.75. The molecule has 2 unspecified atom stereocenters. The Morgan fingerprint density at radius 1 is 1.48 bits per heavy atom. The molecule has 2 atom stereocenters. The molecule has 1 aromatic rings. The molecule has 0 radical (unpaired) electrons. The molecule has 1 aliphatic rings. The van der Waals surface area contributed by atoms with Crippen LogP contribution >= 0.6 is 35.0 Å². The van der Waals surface area contributed by atoms with E-state index in [1.54, 1.807) is 25.1 Å². The first-order valence-corrected chi connectivity index (χ1v) is 8.14. The first-order valence-electron chi connectivity index (χ1n) is 6.22. The summed E-state index contributed by atoms with van der Waals surface area (Å²) in [4.78, 5) is 24.6. The van der Waals surface area contributed by atoms with Gasteiger partial charge in [0.25, 0.3) is 0 Å². The molecule has 0 aliphatic carbocycles. The Labute approximate surface area is 136 Å². The van der Waals surface area contributed by atoms with Gasteiger partial charge in [0.1, 0.15) is 6.04 Å². The maximum absolute atomic E-state index is 12.2. The smallest absolute Gasteiger partial charge is 0.327 e. The predicted octanol–water partition coefficient (Wildman–Crippen LogP) is 3.22. The molecular weight excluding hydrogens is 335 g/mol. The Kier molecular flexibility index (Phi) is 5.24. The number of urea groups is 1. The van der Waals surface area contributed by atoms with Crippen LogP contribution in [0.3, 0.4) is 0 Å². The molecule has 0 saturated carbocycles. The van der Waals surface area contributed by atoms with E-state index in [4.69, 9.17) is 28.3 Å². The van der Waals surface area contributed by atoms with E-state index < -0.39 is 18.0 Å². The number of rotatable bonds is 3. The van der Waals surface area contributed by atoms with E-state index in [1.807, 2.05) is 0 Å². The minimum absolute atomic E-state index is 0.345. The van der Waals surface area contributed by atoms with Crippen molar-refractivity contribution in [2.24, 2.45) is 0 Å². The largest absolute Gasteiger partial charge is 0.480 e. The fourth-order valence-corrected chi connectivity index (χ4v) is 3.76. The third-order valence-electron chi connectivity index (χ3n) is 3.20. The van der Waals surface area contributed by atoms with Crippen LogP contribution in [0.4, 0.5) is 4.79 Å². The van der Waals surface area contributed by atoms with Crippen molar-refractivity contribution in [1.82, 2.24) is 10.2 Å². The Hall–Kier alpha value is -1.11. The molecule has 8 heteroatoms. The number of thioether (sulfide) groups is 1. The van der Waals surface area contributed by atoms with E-state index in [1.165, 1.54) is 16.7 Å². The van der Waals surface area contributed by atoms with Gasteiger partial charge in [0.05, 0.1) is 11.9 Å². The summed E-state index contributed by atoms with van der Waals surface area (Å²) in [5, 5.41) is 12.8. The summed E-state index contributed by atoms with van der Waals surface area (Å²) >= 11 is 13.4. The van der Waals surface area contributed by atoms with Gasteiger partial charge in [-0.25, -0.2) is 9.59 Å². The number of carbonyl (C=O) groups excluding carboxylic acids is 1. The molecule has 1 heterocycles. The monoisotopic (exact) mass is 348 g/mol. The molecule has 0 bridgehead atoms. The molecule has 21 heavy (non-hydrogen) atoms. The number of amides is 2. The summed E-state index contributed by atoms with van der Waals surface area (Å²) < 4.78 is 0. The number of carboxylic acids is 1. The lowest BCUT2D eigenvalue weighted by molar-refractivity contribution is -0.140. The highest BCUT2D eigenvalue weighted by atomic mass is 35.5. The first kappa shape index (κ1) is 16.3. The number of hydrogen-bond acceptors (Lipinski definition) is 3. The van der Waals surface area contributed by atoms with Crippen LogP contribution in [0.5, 0.6) is 0 Å². The van der Waals surface area contributed by atoms with Gasteiger partial charge in [-0.2, -0.15) is 0 Å². The third-order valence-corrected chi connectivity index (χ3v) is 4.77. The molecule has 114 valence electrons. The molecular formula is C13H14Cl2N2O3S. The topological polar surface area (TPSA) is 69.6 Å². The highest BCUT2D eigenvalue weighted by Crippen LogP contribution is 2.27. The lowest BCUT2D eigenvalue weighted by Gasteiger charge is -2.24. The van der Waals surface area contributed by atoms with E-state index in [9.17, 15) is 9.59 Å². The number of nitrogens with zero attached hydrogens (tertiary/aromatic N) is 1. The van der Waals surface area contributed by atoms with E-state index in [0.717, 1.165) is 5.56 Å².